The summed E-state index contributed by atoms with van der Waals surface area (Å²) in [5.41, 5.74) is 3.34. The fourth-order valence-electron chi connectivity index (χ4n) is 4.62. The van der Waals surface area contributed by atoms with Crippen molar-refractivity contribution in [3.63, 3.8) is 0 Å². The molecule has 184 valence electrons. The van der Waals surface area contributed by atoms with E-state index in [4.69, 9.17) is 9.47 Å². The summed E-state index contributed by atoms with van der Waals surface area (Å²) >= 11 is 0. The van der Waals surface area contributed by atoms with Crippen molar-refractivity contribution in [3.05, 3.63) is 138 Å². The van der Waals surface area contributed by atoms with Crippen LogP contribution in [0.25, 0.3) is 22.4 Å². The number of allylic oxidation sites excluding steroid dienone is 1. The molecule has 1 amide bonds. The maximum atomic E-state index is 13.8. The van der Waals surface area contributed by atoms with Gasteiger partial charge in [-0.1, -0.05) is 91.0 Å². The Bertz CT molecular complexity index is 1700. The molecule has 0 saturated heterocycles. The number of ether oxygens (including phenoxy) is 2. The van der Waals surface area contributed by atoms with Crippen molar-refractivity contribution in [2.24, 2.45) is 0 Å². The molecule has 5 heteroatoms. The molecule has 0 atom stereocenters. The van der Waals surface area contributed by atoms with Crippen LogP contribution in [0.2, 0.25) is 0 Å². The molecule has 1 heterocycles. The van der Waals surface area contributed by atoms with E-state index in [1.807, 2.05) is 84.9 Å². The zero-order valence-corrected chi connectivity index (χ0v) is 20.4. The lowest BCUT2D eigenvalue weighted by molar-refractivity contribution is 0.102. The van der Waals surface area contributed by atoms with Gasteiger partial charge in [0, 0.05) is 27.8 Å². The van der Waals surface area contributed by atoms with Gasteiger partial charge in [0.05, 0.1) is 0 Å². The molecule has 0 radical (unpaired) electrons. The topological polar surface area (TPSA) is 64.6 Å². The Morgan fingerprint density at radius 3 is 2.26 bits per heavy atom. The van der Waals surface area contributed by atoms with E-state index in [9.17, 15) is 9.59 Å². The predicted octanol–water partition coefficient (Wildman–Crippen LogP) is 7.24. The second-order valence-electron chi connectivity index (χ2n) is 8.89. The molecule has 1 aliphatic heterocycles. The Kier molecular flexibility index (Phi) is 6.16. The summed E-state index contributed by atoms with van der Waals surface area (Å²) in [6.07, 6.45) is 1.79. The van der Waals surface area contributed by atoms with Crippen molar-refractivity contribution < 1.29 is 19.1 Å². The third-order valence-corrected chi connectivity index (χ3v) is 6.49. The molecule has 0 bridgehead atoms. The van der Waals surface area contributed by atoms with Gasteiger partial charge in [-0.2, -0.15) is 0 Å². The van der Waals surface area contributed by atoms with Crippen molar-refractivity contribution in [2.45, 2.75) is 0 Å². The highest BCUT2D eigenvalue weighted by atomic mass is 16.7. The molecule has 5 aromatic carbocycles. The highest BCUT2D eigenvalue weighted by Crippen LogP contribution is 2.35. The number of hydrogen-bond acceptors (Lipinski definition) is 4. The zero-order chi connectivity index (χ0) is 25.9. The number of Topliss-reactive ketones (excluding diaryl/α,β-unsaturated/α-hetero) is 1. The van der Waals surface area contributed by atoms with Crippen LogP contribution in [0.3, 0.4) is 0 Å². The van der Waals surface area contributed by atoms with Crippen molar-refractivity contribution in [1.29, 1.82) is 0 Å². The molecule has 0 aliphatic carbocycles. The summed E-state index contributed by atoms with van der Waals surface area (Å²) in [7, 11) is 0. The van der Waals surface area contributed by atoms with Crippen molar-refractivity contribution >= 4 is 39.8 Å². The second-order valence-corrected chi connectivity index (χ2v) is 8.89. The highest BCUT2D eigenvalue weighted by molar-refractivity contribution is 6.34. The number of ketones is 1. The average Bonchev–Trinajstić information content (AvgIpc) is 3.44. The van der Waals surface area contributed by atoms with Gasteiger partial charge in [0.2, 0.25) is 6.79 Å². The fourth-order valence-corrected chi connectivity index (χ4v) is 4.62. The van der Waals surface area contributed by atoms with Crippen LogP contribution in [-0.4, -0.2) is 18.5 Å². The Hall–Kier alpha value is -5.16. The Morgan fingerprint density at radius 1 is 0.684 bits per heavy atom. The number of hydrogen-bond donors (Lipinski definition) is 1. The van der Waals surface area contributed by atoms with Gasteiger partial charge in [0.15, 0.2) is 17.3 Å². The molecule has 1 N–H and O–H groups in total. The predicted molar refractivity (Wildman–Crippen MR) is 150 cm³/mol. The van der Waals surface area contributed by atoms with E-state index >= 15 is 0 Å². The molecule has 6 rings (SSSR count). The van der Waals surface area contributed by atoms with Gasteiger partial charge in [0.25, 0.3) is 5.91 Å². The number of carbonyl (C=O) groups is 2. The Balaban J connectivity index is 1.44. The first kappa shape index (κ1) is 23.3. The van der Waals surface area contributed by atoms with Gasteiger partial charge >= 0.3 is 0 Å². The van der Waals surface area contributed by atoms with Crippen molar-refractivity contribution in [1.82, 2.24) is 0 Å². The van der Waals surface area contributed by atoms with E-state index < -0.39 is 0 Å². The molecule has 5 nitrogen and oxygen atoms in total. The molecule has 0 unspecified atom stereocenters. The Labute approximate surface area is 220 Å². The lowest BCUT2D eigenvalue weighted by Gasteiger charge is -2.14. The van der Waals surface area contributed by atoms with Gasteiger partial charge in [-0.05, 0) is 46.9 Å². The maximum absolute atomic E-state index is 13.8. The zero-order valence-electron chi connectivity index (χ0n) is 20.4. The van der Waals surface area contributed by atoms with E-state index in [-0.39, 0.29) is 18.5 Å². The third-order valence-electron chi connectivity index (χ3n) is 6.49. The number of anilines is 1. The SMILES string of the molecule is O=C(/C(=C\c1ccc2c(c1)OCO2)c1ccccc1C(=O)Nc1cccc2ccccc12)c1ccccc1. The first-order valence-corrected chi connectivity index (χ1v) is 12.3. The van der Waals surface area contributed by atoms with Crippen LogP contribution in [0.15, 0.2) is 115 Å². The van der Waals surface area contributed by atoms with Crippen LogP contribution in [0.5, 0.6) is 11.5 Å². The van der Waals surface area contributed by atoms with E-state index in [1.165, 1.54) is 0 Å². The van der Waals surface area contributed by atoms with Crippen molar-refractivity contribution in [2.75, 3.05) is 12.1 Å². The van der Waals surface area contributed by atoms with Crippen LogP contribution in [-0.2, 0) is 0 Å². The van der Waals surface area contributed by atoms with Gasteiger partial charge in [-0.15, -0.1) is 0 Å². The highest BCUT2D eigenvalue weighted by Gasteiger charge is 2.22. The van der Waals surface area contributed by atoms with Gasteiger partial charge < -0.3 is 14.8 Å². The first-order valence-electron chi connectivity index (χ1n) is 12.3. The van der Waals surface area contributed by atoms with E-state index in [0.29, 0.717) is 39.4 Å². The molecule has 1 aliphatic rings. The third kappa shape index (κ3) is 4.53. The smallest absolute Gasteiger partial charge is 0.256 e. The molecule has 5 aromatic rings. The molecule has 0 aromatic heterocycles. The largest absolute Gasteiger partial charge is 0.454 e. The van der Waals surface area contributed by atoms with E-state index in [0.717, 1.165) is 16.3 Å². The normalized spacial score (nSPS) is 12.4. The van der Waals surface area contributed by atoms with Gasteiger partial charge in [-0.3, -0.25) is 9.59 Å². The lowest BCUT2D eigenvalue weighted by atomic mass is 9.91. The van der Waals surface area contributed by atoms with Crippen LogP contribution in [0, 0.1) is 0 Å². The van der Waals surface area contributed by atoms with Crippen LogP contribution >= 0.6 is 0 Å². The minimum atomic E-state index is -0.297. The second kappa shape index (κ2) is 10.1. The minimum absolute atomic E-state index is 0.162. The summed E-state index contributed by atoms with van der Waals surface area (Å²) < 4.78 is 11.0. The summed E-state index contributed by atoms with van der Waals surface area (Å²) in [4.78, 5) is 27.5. The van der Waals surface area contributed by atoms with Crippen molar-refractivity contribution in [3.8, 4) is 11.5 Å². The minimum Gasteiger partial charge on any atom is -0.454 e. The van der Waals surface area contributed by atoms with Gasteiger partial charge in [-0.25, -0.2) is 0 Å². The molecule has 38 heavy (non-hydrogen) atoms. The number of rotatable bonds is 6. The monoisotopic (exact) mass is 497 g/mol. The summed E-state index contributed by atoms with van der Waals surface area (Å²) in [6, 6.07) is 35.4. The number of nitrogens with one attached hydrogen (secondary N) is 1. The number of amides is 1. The summed E-state index contributed by atoms with van der Waals surface area (Å²) in [5, 5.41) is 5.03. The molecular formula is C33H23NO4. The summed E-state index contributed by atoms with van der Waals surface area (Å²) in [6.45, 7) is 0.162. The molecule has 0 saturated carbocycles. The molecule has 0 fully saturated rings. The van der Waals surface area contributed by atoms with Crippen LogP contribution in [0.1, 0.15) is 31.8 Å². The molecule has 0 spiro atoms. The quantitative estimate of drug-likeness (QED) is 0.153. The average molecular weight is 498 g/mol. The first-order chi connectivity index (χ1) is 18.7. The fraction of sp³-hybridized carbons (Fsp3) is 0.0303. The number of carbonyl (C=O) groups excluding carboxylic acids is 2. The maximum Gasteiger partial charge on any atom is 0.256 e. The van der Waals surface area contributed by atoms with Crippen LogP contribution in [0.4, 0.5) is 5.69 Å². The van der Waals surface area contributed by atoms with E-state index in [1.54, 1.807) is 36.4 Å². The Morgan fingerprint density at radius 2 is 1.39 bits per heavy atom. The number of benzene rings is 5. The standard InChI is InChI=1S/C33H23NO4/c35-32(24-10-2-1-3-11-24)28(19-22-17-18-30-31(20-22)38-21-37-30)26-14-6-7-15-27(26)33(36)34-29-16-8-12-23-9-4-5-13-25(23)29/h1-20H,21H2,(H,34,36)/b28-19-. The lowest BCUT2D eigenvalue weighted by Crippen LogP contribution is -2.16. The summed E-state index contributed by atoms with van der Waals surface area (Å²) in [5.74, 6) is 0.795. The van der Waals surface area contributed by atoms with E-state index in [2.05, 4.69) is 5.32 Å². The van der Waals surface area contributed by atoms with Gasteiger partial charge in [0.1, 0.15) is 0 Å². The number of fused-ring (bicyclic) bond motifs is 2. The van der Waals surface area contributed by atoms with Crippen LogP contribution < -0.4 is 14.8 Å². The molecular weight excluding hydrogens is 474 g/mol.